The lowest BCUT2D eigenvalue weighted by Gasteiger charge is -2.28. The quantitative estimate of drug-likeness (QED) is 0.279. The summed E-state index contributed by atoms with van der Waals surface area (Å²) >= 11 is 0. The number of aliphatic carboxylic acids is 1. The number of benzene rings is 3. The van der Waals surface area contributed by atoms with Gasteiger partial charge in [0, 0.05) is 18.5 Å². The van der Waals surface area contributed by atoms with E-state index in [1.165, 1.54) is 16.7 Å². The molecule has 0 spiro atoms. The van der Waals surface area contributed by atoms with Crippen LogP contribution in [0.4, 0.5) is 5.69 Å². The van der Waals surface area contributed by atoms with Crippen LogP contribution in [0.25, 0.3) is 33.5 Å². The Morgan fingerprint density at radius 2 is 1.59 bits per heavy atom. The maximum atomic E-state index is 11.0. The molecule has 0 bridgehead atoms. The van der Waals surface area contributed by atoms with Crippen LogP contribution in [0.1, 0.15) is 50.5 Å². The predicted octanol–water partition coefficient (Wildman–Crippen LogP) is 7.08. The summed E-state index contributed by atoms with van der Waals surface area (Å²) in [5.74, 6) is 1.09. The Morgan fingerprint density at radius 1 is 0.941 bits per heavy atom. The molecule has 0 aliphatic heterocycles. The molecule has 5 rings (SSSR count). The number of nitrogens with one attached hydrogen (secondary N) is 2. The van der Waals surface area contributed by atoms with E-state index in [9.17, 15) is 4.79 Å². The van der Waals surface area contributed by atoms with E-state index < -0.39 is 5.97 Å². The van der Waals surface area contributed by atoms with Crippen LogP contribution in [0.15, 0.2) is 66.7 Å². The van der Waals surface area contributed by atoms with Crippen LogP contribution in [0, 0.1) is 5.92 Å². The molecule has 3 N–H and O–H groups in total. The predicted molar refractivity (Wildman–Crippen MR) is 138 cm³/mol. The molecule has 174 valence electrons. The van der Waals surface area contributed by atoms with Crippen molar-refractivity contribution in [2.24, 2.45) is 5.92 Å². The highest BCUT2D eigenvalue weighted by molar-refractivity contribution is 5.90. The van der Waals surface area contributed by atoms with Crippen molar-refractivity contribution in [1.29, 1.82) is 0 Å². The van der Waals surface area contributed by atoms with Crippen LogP contribution in [-0.4, -0.2) is 27.6 Å². The lowest BCUT2D eigenvalue weighted by Crippen LogP contribution is -2.16. The number of hydrogen-bond acceptors (Lipinski definition) is 3. The molecule has 1 heterocycles. The molecule has 3 aromatic carbocycles. The van der Waals surface area contributed by atoms with Crippen LogP contribution in [-0.2, 0) is 4.79 Å². The molecule has 1 aromatic heterocycles. The van der Waals surface area contributed by atoms with Gasteiger partial charge in [-0.15, -0.1) is 0 Å². The Kier molecular flexibility index (Phi) is 6.35. The average Bonchev–Trinajstić information content (AvgIpc) is 3.30. The van der Waals surface area contributed by atoms with Gasteiger partial charge in [-0.1, -0.05) is 54.6 Å². The van der Waals surface area contributed by atoms with Gasteiger partial charge in [0.05, 0.1) is 16.7 Å². The first-order chi connectivity index (χ1) is 16.6. The molecule has 5 nitrogen and oxygen atoms in total. The van der Waals surface area contributed by atoms with Crippen molar-refractivity contribution in [2.45, 2.75) is 44.9 Å². The summed E-state index contributed by atoms with van der Waals surface area (Å²) in [5, 5.41) is 12.4. The van der Waals surface area contributed by atoms with Crippen LogP contribution < -0.4 is 5.32 Å². The summed E-state index contributed by atoms with van der Waals surface area (Å²) < 4.78 is 0. The third-order valence-corrected chi connectivity index (χ3v) is 7.07. The van der Waals surface area contributed by atoms with E-state index in [4.69, 9.17) is 10.1 Å². The molecule has 1 aliphatic carbocycles. The fraction of sp³-hybridized carbons (Fsp3) is 0.310. The minimum Gasteiger partial charge on any atom is -0.481 e. The van der Waals surface area contributed by atoms with Gasteiger partial charge < -0.3 is 15.4 Å². The second-order valence-electron chi connectivity index (χ2n) is 9.33. The Balaban J connectivity index is 1.28. The van der Waals surface area contributed by atoms with Crippen molar-refractivity contribution in [3.63, 3.8) is 0 Å². The number of anilines is 1. The van der Waals surface area contributed by atoms with Crippen molar-refractivity contribution in [1.82, 2.24) is 9.97 Å². The number of carboxylic acids is 1. The maximum Gasteiger partial charge on any atom is 0.303 e. The van der Waals surface area contributed by atoms with Crippen molar-refractivity contribution >= 4 is 22.7 Å². The second kappa shape index (κ2) is 9.72. The van der Waals surface area contributed by atoms with Crippen LogP contribution in [0.3, 0.4) is 0 Å². The number of aromatic nitrogens is 2. The van der Waals surface area contributed by atoms with E-state index in [0.29, 0.717) is 18.3 Å². The fourth-order valence-corrected chi connectivity index (χ4v) is 5.22. The smallest absolute Gasteiger partial charge is 0.303 e. The van der Waals surface area contributed by atoms with Gasteiger partial charge in [0.15, 0.2) is 0 Å². The van der Waals surface area contributed by atoms with Gasteiger partial charge in [-0.25, -0.2) is 4.98 Å². The zero-order valence-corrected chi connectivity index (χ0v) is 19.6. The normalized spacial score (nSPS) is 18.1. The number of rotatable bonds is 7. The number of imidazole rings is 1. The molecule has 4 aromatic rings. The van der Waals surface area contributed by atoms with Crippen molar-refractivity contribution < 1.29 is 9.90 Å². The highest BCUT2D eigenvalue weighted by atomic mass is 16.4. The van der Waals surface area contributed by atoms with Gasteiger partial charge in [-0.2, -0.15) is 0 Å². The van der Waals surface area contributed by atoms with Gasteiger partial charge in [-0.3, -0.25) is 4.79 Å². The molecular weight excluding hydrogens is 422 g/mol. The number of nitrogens with zero attached hydrogens (tertiary/aromatic N) is 1. The molecule has 0 atom stereocenters. The van der Waals surface area contributed by atoms with Gasteiger partial charge in [-0.05, 0) is 73.3 Å². The van der Waals surface area contributed by atoms with Gasteiger partial charge in [0.25, 0.3) is 0 Å². The minimum atomic E-state index is -0.669. The number of hydrogen-bond donors (Lipinski definition) is 3. The zero-order chi connectivity index (χ0) is 23.5. The topological polar surface area (TPSA) is 78.0 Å². The number of fused-ring (bicyclic) bond motifs is 1. The van der Waals surface area contributed by atoms with E-state index in [0.717, 1.165) is 60.3 Å². The Hall–Kier alpha value is -3.60. The van der Waals surface area contributed by atoms with E-state index in [1.54, 1.807) is 0 Å². The number of aromatic amines is 1. The van der Waals surface area contributed by atoms with Gasteiger partial charge in [0.1, 0.15) is 5.82 Å². The number of para-hydroxylation sites is 1. The monoisotopic (exact) mass is 453 g/mol. The third kappa shape index (κ3) is 4.69. The minimum absolute atomic E-state index is 0.312. The molecule has 0 unspecified atom stereocenters. The highest BCUT2D eigenvalue weighted by Gasteiger charge is 2.24. The Labute approximate surface area is 200 Å². The van der Waals surface area contributed by atoms with Crippen LogP contribution in [0.5, 0.6) is 0 Å². The Morgan fingerprint density at radius 3 is 2.24 bits per heavy atom. The van der Waals surface area contributed by atoms with Crippen molar-refractivity contribution in [2.75, 3.05) is 11.9 Å². The molecule has 34 heavy (non-hydrogen) atoms. The fourth-order valence-electron chi connectivity index (χ4n) is 5.22. The standard InChI is InChI=1S/C29H31N3O2/c1-2-30-25-4-3-5-26-28(25)32-29(31-26)24-16-14-23(15-17-24)22-12-10-21(11-13-22)20-8-6-19(7-9-20)18-27(33)34/h3-5,10-17,19-20,30H,2,6-9,18H2,1H3,(H,31,32)(H,33,34). The summed E-state index contributed by atoms with van der Waals surface area (Å²) in [6.07, 6.45) is 4.50. The molecule has 1 fully saturated rings. The van der Waals surface area contributed by atoms with Crippen LogP contribution >= 0.6 is 0 Å². The first-order valence-electron chi connectivity index (χ1n) is 12.3. The lowest BCUT2D eigenvalue weighted by molar-refractivity contribution is -0.138. The molecule has 0 radical (unpaired) electrons. The first kappa shape index (κ1) is 22.2. The molecular formula is C29H31N3O2. The highest BCUT2D eigenvalue weighted by Crippen LogP contribution is 2.37. The number of carboxylic acid groups (broad SMARTS) is 1. The number of H-pyrrole nitrogens is 1. The second-order valence-corrected chi connectivity index (χ2v) is 9.33. The SMILES string of the molecule is CCNc1cccc2nc(-c3ccc(-c4ccc(C5CCC(CC(=O)O)CC5)cc4)cc3)[nH]c12. The summed E-state index contributed by atoms with van der Waals surface area (Å²) in [5.41, 5.74) is 7.90. The van der Waals surface area contributed by atoms with E-state index in [-0.39, 0.29) is 0 Å². The number of carbonyl (C=O) groups is 1. The third-order valence-electron chi connectivity index (χ3n) is 7.07. The van der Waals surface area contributed by atoms with E-state index in [2.05, 4.69) is 71.8 Å². The van der Waals surface area contributed by atoms with Crippen molar-refractivity contribution in [3.8, 4) is 22.5 Å². The molecule has 0 amide bonds. The average molecular weight is 454 g/mol. The van der Waals surface area contributed by atoms with Gasteiger partial charge in [0.2, 0.25) is 0 Å². The van der Waals surface area contributed by atoms with E-state index >= 15 is 0 Å². The maximum absolute atomic E-state index is 11.0. The van der Waals surface area contributed by atoms with E-state index in [1.807, 2.05) is 12.1 Å². The summed E-state index contributed by atoms with van der Waals surface area (Å²) in [4.78, 5) is 19.2. The molecule has 1 saturated carbocycles. The Bertz CT molecular complexity index is 1270. The largest absolute Gasteiger partial charge is 0.481 e. The summed E-state index contributed by atoms with van der Waals surface area (Å²) in [7, 11) is 0. The van der Waals surface area contributed by atoms with Gasteiger partial charge >= 0.3 is 5.97 Å². The summed E-state index contributed by atoms with van der Waals surface area (Å²) in [6.45, 7) is 2.96. The summed E-state index contributed by atoms with van der Waals surface area (Å²) in [6, 6.07) is 23.6. The first-order valence-corrected chi connectivity index (χ1v) is 12.3. The molecule has 1 aliphatic rings. The molecule has 5 heteroatoms. The zero-order valence-electron chi connectivity index (χ0n) is 19.6. The molecule has 0 saturated heterocycles. The van der Waals surface area contributed by atoms with Crippen LogP contribution in [0.2, 0.25) is 0 Å². The lowest BCUT2D eigenvalue weighted by atomic mass is 9.77. The van der Waals surface area contributed by atoms with Crippen molar-refractivity contribution in [3.05, 3.63) is 72.3 Å².